The number of carbonyl (C=O) groups is 2. The molecule has 0 aliphatic heterocycles. The van der Waals surface area contributed by atoms with Crippen molar-refractivity contribution in [1.82, 2.24) is 4.90 Å². The molecule has 0 saturated carbocycles. The quantitative estimate of drug-likeness (QED) is 0.833. The number of aliphatic carboxylic acids is 2. The zero-order chi connectivity index (χ0) is 14.6. The van der Waals surface area contributed by atoms with Crippen LogP contribution in [-0.2, 0) is 9.59 Å². The Labute approximate surface area is 117 Å². The van der Waals surface area contributed by atoms with Crippen LogP contribution in [0.3, 0.4) is 0 Å². The van der Waals surface area contributed by atoms with E-state index in [-0.39, 0.29) is 5.56 Å². The maximum atomic E-state index is 13.8. The van der Waals surface area contributed by atoms with Crippen molar-refractivity contribution in [3.05, 3.63) is 34.1 Å². The second kappa shape index (κ2) is 6.63. The molecule has 0 fully saturated rings. The molecule has 0 aliphatic rings. The van der Waals surface area contributed by atoms with Crippen LogP contribution in [0.4, 0.5) is 4.39 Å². The maximum absolute atomic E-state index is 13.8. The van der Waals surface area contributed by atoms with Crippen molar-refractivity contribution in [2.75, 3.05) is 13.1 Å². The largest absolute Gasteiger partial charge is 0.480 e. The molecule has 1 rings (SSSR count). The zero-order valence-corrected chi connectivity index (χ0v) is 11.7. The van der Waals surface area contributed by atoms with Gasteiger partial charge in [0.05, 0.1) is 13.1 Å². The van der Waals surface area contributed by atoms with Crippen LogP contribution in [-0.4, -0.2) is 40.1 Å². The lowest BCUT2D eigenvalue weighted by atomic mass is 10.1. The summed E-state index contributed by atoms with van der Waals surface area (Å²) >= 11 is 3.12. The lowest BCUT2D eigenvalue weighted by Gasteiger charge is -2.26. The molecular formula is C12H13BrFNO4. The third-order valence-electron chi connectivity index (χ3n) is 2.64. The lowest BCUT2D eigenvalue weighted by Crippen LogP contribution is -2.36. The van der Waals surface area contributed by atoms with Gasteiger partial charge in [-0.2, -0.15) is 0 Å². The summed E-state index contributed by atoms with van der Waals surface area (Å²) in [7, 11) is 0. The Morgan fingerprint density at radius 2 is 1.84 bits per heavy atom. The summed E-state index contributed by atoms with van der Waals surface area (Å²) in [5.74, 6) is -2.83. The number of rotatable bonds is 6. The molecular weight excluding hydrogens is 321 g/mol. The van der Waals surface area contributed by atoms with Gasteiger partial charge in [-0.1, -0.05) is 22.0 Å². The third kappa shape index (κ3) is 4.60. The van der Waals surface area contributed by atoms with Crippen molar-refractivity contribution in [3.8, 4) is 0 Å². The second-order valence-corrected chi connectivity index (χ2v) is 4.95. The van der Waals surface area contributed by atoms with Crippen LogP contribution in [0, 0.1) is 5.82 Å². The van der Waals surface area contributed by atoms with E-state index in [2.05, 4.69) is 15.9 Å². The minimum atomic E-state index is -1.16. The highest BCUT2D eigenvalue weighted by molar-refractivity contribution is 9.10. The molecule has 19 heavy (non-hydrogen) atoms. The predicted octanol–water partition coefficient (Wildman–Crippen LogP) is 2.12. The van der Waals surface area contributed by atoms with Crippen molar-refractivity contribution in [1.29, 1.82) is 0 Å². The summed E-state index contributed by atoms with van der Waals surface area (Å²) in [6.07, 6.45) is 0. The Morgan fingerprint density at radius 3 is 2.26 bits per heavy atom. The molecule has 0 radical (unpaired) electrons. The minimum absolute atomic E-state index is 0.255. The summed E-state index contributed by atoms with van der Waals surface area (Å²) < 4.78 is 14.3. The van der Waals surface area contributed by atoms with Gasteiger partial charge >= 0.3 is 11.9 Å². The summed E-state index contributed by atoms with van der Waals surface area (Å²) in [6, 6.07) is 3.72. The summed E-state index contributed by atoms with van der Waals surface area (Å²) in [4.78, 5) is 22.6. The summed E-state index contributed by atoms with van der Waals surface area (Å²) in [5.41, 5.74) is 0.255. The Balaban J connectivity index is 3.00. The Bertz CT molecular complexity index is 479. The zero-order valence-electron chi connectivity index (χ0n) is 10.1. The van der Waals surface area contributed by atoms with Crippen LogP contribution in [0.2, 0.25) is 0 Å². The first kappa shape index (κ1) is 15.6. The van der Waals surface area contributed by atoms with Gasteiger partial charge in [0.2, 0.25) is 0 Å². The minimum Gasteiger partial charge on any atom is -0.480 e. The number of benzene rings is 1. The summed E-state index contributed by atoms with van der Waals surface area (Å²) in [5, 5.41) is 17.5. The SMILES string of the molecule is CC(c1ccc(Br)cc1F)N(CC(=O)O)CC(=O)O. The maximum Gasteiger partial charge on any atom is 0.317 e. The van der Waals surface area contributed by atoms with E-state index < -0.39 is 36.9 Å². The smallest absolute Gasteiger partial charge is 0.317 e. The van der Waals surface area contributed by atoms with Crippen LogP contribution in [0.25, 0.3) is 0 Å². The van der Waals surface area contributed by atoms with Crippen LogP contribution < -0.4 is 0 Å². The molecule has 0 aromatic heterocycles. The Morgan fingerprint density at radius 1 is 1.32 bits per heavy atom. The van der Waals surface area contributed by atoms with Crippen molar-refractivity contribution >= 4 is 27.9 Å². The average Bonchev–Trinajstić information content (AvgIpc) is 2.26. The van der Waals surface area contributed by atoms with Crippen LogP contribution in [0.1, 0.15) is 18.5 Å². The number of halogens is 2. The van der Waals surface area contributed by atoms with Gasteiger partial charge in [-0.3, -0.25) is 14.5 Å². The fourth-order valence-corrected chi connectivity index (χ4v) is 2.05. The van der Waals surface area contributed by atoms with Crippen molar-refractivity contribution < 1.29 is 24.2 Å². The van der Waals surface area contributed by atoms with Crippen LogP contribution >= 0.6 is 15.9 Å². The molecule has 1 aromatic rings. The van der Waals surface area contributed by atoms with Gasteiger partial charge in [0.15, 0.2) is 0 Å². The molecule has 0 spiro atoms. The number of hydrogen-bond donors (Lipinski definition) is 2. The first-order chi connectivity index (χ1) is 8.81. The van der Waals surface area contributed by atoms with E-state index >= 15 is 0 Å². The lowest BCUT2D eigenvalue weighted by molar-refractivity contribution is -0.142. The fraction of sp³-hybridized carbons (Fsp3) is 0.333. The number of hydrogen-bond acceptors (Lipinski definition) is 3. The molecule has 0 amide bonds. The van der Waals surface area contributed by atoms with Crippen molar-refractivity contribution in [2.24, 2.45) is 0 Å². The molecule has 1 aromatic carbocycles. The highest BCUT2D eigenvalue weighted by Crippen LogP contribution is 2.25. The molecule has 5 nitrogen and oxygen atoms in total. The van der Waals surface area contributed by atoms with Crippen molar-refractivity contribution in [2.45, 2.75) is 13.0 Å². The van der Waals surface area contributed by atoms with Gasteiger partial charge in [-0.15, -0.1) is 0 Å². The number of carboxylic acid groups (broad SMARTS) is 2. The molecule has 0 saturated heterocycles. The monoisotopic (exact) mass is 333 g/mol. The molecule has 7 heteroatoms. The first-order valence-electron chi connectivity index (χ1n) is 5.44. The molecule has 1 unspecified atom stereocenters. The van der Waals surface area contributed by atoms with Gasteiger partial charge in [0.1, 0.15) is 5.82 Å². The van der Waals surface area contributed by atoms with Crippen LogP contribution in [0.5, 0.6) is 0 Å². The first-order valence-corrected chi connectivity index (χ1v) is 6.23. The molecule has 2 N–H and O–H groups in total. The standard InChI is InChI=1S/C12H13BrFNO4/c1-7(9-3-2-8(13)4-10(9)14)15(5-11(16)17)6-12(18)19/h2-4,7H,5-6H2,1H3,(H,16,17)(H,18,19). The van der Waals surface area contributed by atoms with E-state index in [1.54, 1.807) is 13.0 Å². The highest BCUT2D eigenvalue weighted by Gasteiger charge is 2.23. The Hall–Kier alpha value is -1.47. The average molecular weight is 334 g/mol. The van der Waals surface area contributed by atoms with Gasteiger partial charge in [-0.05, 0) is 19.1 Å². The van der Waals surface area contributed by atoms with Gasteiger partial charge < -0.3 is 10.2 Å². The van der Waals surface area contributed by atoms with Crippen molar-refractivity contribution in [3.63, 3.8) is 0 Å². The van der Waals surface area contributed by atoms with E-state index in [0.29, 0.717) is 4.47 Å². The van der Waals surface area contributed by atoms with E-state index in [1.165, 1.54) is 17.0 Å². The van der Waals surface area contributed by atoms with Gasteiger partial charge in [0, 0.05) is 16.1 Å². The molecule has 104 valence electrons. The molecule has 0 aliphatic carbocycles. The number of nitrogens with zero attached hydrogens (tertiary/aromatic N) is 1. The predicted molar refractivity (Wildman–Crippen MR) is 69.4 cm³/mol. The topological polar surface area (TPSA) is 77.8 Å². The highest BCUT2D eigenvalue weighted by atomic mass is 79.9. The van der Waals surface area contributed by atoms with Crippen LogP contribution in [0.15, 0.2) is 22.7 Å². The Kier molecular flexibility index (Phi) is 5.44. The van der Waals surface area contributed by atoms with E-state index in [4.69, 9.17) is 10.2 Å². The summed E-state index contributed by atoms with van der Waals surface area (Å²) in [6.45, 7) is 0.629. The molecule has 0 bridgehead atoms. The second-order valence-electron chi connectivity index (χ2n) is 4.03. The third-order valence-corrected chi connectivity index (χ3v) is 3.13. The van der Waals surface area contributed by atoms with E-state index in [1.807, 2.05) is 0 Å². The van der Waals surface area contributed by atoms with E-state index in [9.17, 15) is 14.0 Å². The van der Waals surface area contributed by atoms with Gasteiger partial charge in [0.25, 0.3) is 0 Å². The number of carboxylic acids is 2. The van der Waals surface area contributed by atoms with E-state index in [0.717, 1.165) is 0 Å². The molecule has 0 heterocycles. The normalized spacial score (nSPS) is 12.4. The van der Waals surface area contributed by atoms with Gasteiger partial charge in [-0.25, -0.2) is 4.39 Å². The molecule has 1 atom stereocenters. The fourth-order valence-electron chi connectivity index (χ4n) is 1.71.